The fraction of sp³-hybridized carbons (Fsp3) is 0.545. The van der Waals surface area contributed by atoms with Crippen molar-refractivity contribution in [3.05, 3.63) is 23.5 Å². The van der Waals surface area contributed by atoms with E-state index in [4.69, 9.17) is 23.2 Å². The molecule has 0 spiro atoms. The predicted octanol–water partition coefficient (Wildman–Crippen LogP) is 3.55. The van der Waals surface area contributed by atoms with Gasteiger partial charge in [-0.2, -0.15) is 0 Å². The Labute approximate surface area is 100.0 Å². The molecular weight excluding hydrogens is 231 g/mol. The van der Waals surface area contributed by atoms with Crippen molar-refractivity contribution in [1.29, 1.82) is 0 Å². The van der Waals surface area contributed by atoms with Crippen molar-refractivity contribution in [2.24, 2.45) is 5.92 Å². The monoisotopic (exact) mass is 244 g/mol. The second kappa shape index (κ2) is 5.04. The minimum absolute atomic E-state index is 0.211. The fourth-order valence-electron chi connectivity index (χ4n) is 1.69. The maximum atomic E-state index is 6.26. The fourth-order valence-corrected chi connectivity index (χ4v) is 2.21. The first kappa shape index (κ1) is 11.0. The Hall–Kier alpha value is -0.470. The van der Waals surface area contributed by atoms with Gasteiger partial charge in [-0.05, 0) is 24.8 Å². The summed E-state index contributed by atoms with van der Waals surface area (Å²) in [5.74, 6) is 0.680. The van der Waals surface area contributed by atoms with E-state index >= 15 is 0 Å². The predicted molar refractivity (Wildman–Crippen MR) is 64.7 cm³/mol. The van der Waals surface area contributed by atoms with Crippen LogP contribution in [-0.2, 0) is 0 Å². The number of pyridine rings is 1. The Balaban J connectivity index is 1.84. The standard InChI is InChI=1S/C11H14Cl2N2/c12-9(8-2-1-3-8)7-15-11-4-5-14-6-10(11)13/h4-6,8-9H,1-3,7H2,(H,14,15). The molecule has 4 heteroatoms. The van der Waals surface area contributed by atoms with E-state index < -0.39 is 0 Å². The van der Waals surface area contributed by atoms with Crippen LogP contribution < -0.4 is 5.32 Å². The van der Waals surface area contributed by atoms with Crippen LogP contribution in [0, 0.1) is 5.92 Å². The van der Waals surface area contributed by atoms with E-state index in [9.17, 15) is 0 Å². The number of aromatic nitrogens is 1. The molecule has 15 heavy (non-hydrogen) atoms. The van der Waals surface area contributed by atoms with Crippen molar-refractivity contribution in [3.63, 3.8) is 0 Å². The third-order valence-corrected chi connectivity index (χ3v) is 3.73. The first-order valence-corrected chi connectivity index (χ1v) is 6.06. The number of nitrogens with zero attached hydrogens (tertiary/aromatic N) is 1. The third kappa shape index (κ3) is 2.76. The quantitative estimate of drug-likeness (QED) is 0.820. The van der Waals surface area contributed by atoms with E-state index in [1.54, 1.807) is 12.4 Å². The summed E-state index contributed by atoms with van der Waals surface area (Å²) in [6.45, 7) is 0.774. The maximum absolute atomic E-state index is 6.26. The minimum atomic E-state index is 0.211. The van der Waals surface area contributed by atoms with Gasteiger partial charge < -0.3 is 5.32 Å². The molecule has 1 unspecified atom stereocenters. The Bertz CT molecular complexity index is 326. The van der Waals surface area contributed by atoms with E-state index in [0.29, 0.717) is 10.9 Å². The second-order valence-electron chi connectivity index (χ2n) is 3.94. The summed E-state index contributed by atoms with van der Waals surface area (Å²) in [7, 11) is 0. The average Bonchev–Trinajstić information content (AvgIpc) is 2.14. The van der Waals surface area contributed by atoms with Crippen molar-refractivity contribution in [2.75, 3.05) is 11.9 Å². The number of hydrogen-bond donors (Lipinski definition) is 1. The maximum Gasteiger partial charge on any atom is 0.0820 e. The van der Waals surface area contributed by atoms with Crippen molar-refractivity contribution in [1.82, 2.24) is 4.98 Å². The number of alkyl halides is 1. The molecule has 2 rings (SSSR count). The largest absolute Gasteiger partial charge is 0.382 e. The molecule has 1 aliphatic rings. The molecule has 0 bridgehead atoms. The molecule has 1 heterocycles. The lowest BCUT2D eigenvalue weighted by atomic mass is 9.82. The molecule has 2 nitrogen and oxygen atoms in total. The molecule has 0 amide bonds. The van der Waals surface area contributed by atoms with Gasteiger partial charge in [-0.3, -0.25) is 4.98 Å². The molecule has 1 aromatic rings. The highest BCUT2D eigenvalue weighted by molar-refractivity contribution is 6.33. The smallest absolute Gasteiger partial charge is 0.0820 e. The van der Waals surface area contributed by atoms with Crippen LogP contribution in [0.3, 0.4) is 0 Å². The van der Waals surface area contributed by atoms with Crippen molar-refractivity contribution < 1.29 is 0 Å². The lowest BCUT2D eigenvalue weighted by Crippen LogP contribution is -2.28. The SMILES string of the molecule is Clc1cnccc1NCC(Cl)C1CCC1. The van der Waals surface area contributed by atoms with Crippen LogP contribution in [0.25, 0.3) is 0 Å². The van der Waals surface area contributed by atoms with E-state index in [0.717, 1.165) is 12.2 Å². The highest BCUT2D eigenvalue weighted by atomic mass is 35.5. The summed E-state index contributed by atoms with van der Waals surface area (Å²) < 4.78 is 0. The van der Waals surface area contributed by atoms with Crippen molar-refractivity contribution in [2.45, 2.75) is 24.6 Å². The lowest BCUT2D eigenvalue weighted by molar-refractivity contribution is 0.308. The number of anilines is 1. The molecule has 1 aliphatic carbocycles. The molecule has 82 valence electrons. The van der Waals surface area contributed by atoms with Crippen LogP contribution in [0.4, 0.5) is 5.69 Å². The van der Waals surface area contributed by atoms with Gasteiger partial charge in [0.05, 0.1) is 16.1 Å². The average molecular weight is 245 g/mol. The zero-order valence-electron chi connectivity index (χ0n) is 8.42. The molecule has 0 saturated heterocycles. The van der Waals surface area contributed by atoms with Crippen LogP contribution in [0.1, 0.15) is 19.3 Å². The summed E-state index contributed by atoms with van der Waals surface area (Å²) >= 11 is 12.2. The highest BCUT2D eigenvalue weighted by Gasteiger charge is 2.25. The minimum Gasteiger partial charge on any atom is -0.382 e. The van der Waals surface area contributed by atoms with Crippen LogP contribution >= 0.6 is 23.2 Å². The topological polar surface area (TPSA) is 24.9 Å². The molecule has 0 radical (unpaired) electrons. The van der Waals surface area contributed by atoms with Gasteiger partial charge in [-0.25, -0.2) is 0 Å². The van der Waals surface area contributed by atoms with Crippen molar-refractivity contribution >= 4 is 28.9 Å². The van der Waals surface area contributed by atoms with Gasteiger partial charge in [0.25, 0.3) is 0 Å². The summed E-state index contributed by atoms with van der Waals surface area (Å²) in [5, 5.41) is 4.12. The molecule has 0 aliphatic heterocycles. The second-order valence-corrected chi connectivity index (χ2v) is 4.91. The first-order chi connectivity index (χ1) is 7.27. The van der Waals surface area contributed by atoms with Gasteiger partial charge in [0.15, 0.2) is 0 Å². The Morgan fingerprint density at radius 2 is 2.33 bits per heavy atom. The van der Waals surface area contributed by atoms with E-state index in [1.165, 1.54) is 19.3 Å². The summed E-state index contributed by atoms with van der Waals surface area (Å²) in [4.78, 5) is 3.93. The summed E-state index contributed by atoms with van der Waals surface area (Å²) in [5.41, 5.74) is 0.914. The molecule has 1 N–H and O–H groups in total. The zero-order chi connectivity index (χ0) is 10.7. The Morgan fingerprint density at radius 3 is 2.93 bits per heavy atom. The van der Waals surface area contributed by atoms with Gasteiger partial charge in [0, 0.05) is 18.9 Å². The highest BCUT2D eigenvalue weighted by Crippen LogP contribution is 2.32. The van der Waals surface area contributed by atoms with Crippen LogP contribution in [-0.4, -0.2) is 16.9 Å². The first-order valence-electron chi connectivity index (χ1n) is 5.25. The normalized spacial score (nSPS) is 18.3. The van der Waals surface area contributed by atoms with E-state index in [2.05, 4.69) is 10.3 Å². The summed E-state index contributed by atoms with van der Waals surface area (Å²) in [6.07, 6.45) is 7.21. The molecular formula is C11H14Cl2N2. The van der Waals surface area contributed by atoms with Crippen LogP contribution in [0.5, 0.6) is 0 Å². The lowest BCUT2D eigenvalue weighted by Gasteiger charge is -2.30. The van der Waals surface area contributed by atoms with Crippen LogP contribution in [0.2, 0.25) is 5.02 Å². The van der Waals surface area contributed by atoms with Gasteiger partial charge in [0.1, 0.15) is 0 Å². The zero-order valence-corrected chi connectivity index (χ0v) is 9.93. The number of nitrogens with one attached hydrogen (secondary N) is 1. The molecule has 1 fully saturated rings. The number of rotatable bonds is 4. The van der Waals surface area contributed by atoms with Gasteiger partial charge >= 0.3 is 0 Å². The van der Waals surface area contributed by atoms with E-state index in [-0.39, 0.29) is 5.38 Å². The summed E-state index contributed by atoms with van der Waals surface area (Å²) in [6, 6.07) is 1.87. The molecule has 1 saturated carbocycles. The van der Waals surface area contributed by atoms with Crippen molar-refractivity contribution in [3.8, 4) is 0 Å². The number of hydrogen-bond acceptors (Lipinski definition) is 2. The Kier molecular flexibility index (Phi) is 3.71. The van der Waals surface area contributed by atoms with Gasteiger partial charge in [0.2, 0.25) is 0 Å². The number of halogens is 2. The van der Waals surface area contributed by atoms with Gasteiger partial charge in [-0.15, -0.1) is 11.6 Å². The third-order valence-electron chi connectivity index (χ3n) is 2.92. The van der Waals surface area contributed by atoms with E-state index in [1.807, 2.05) is 6.07 Å². The van der Waals surface area contributed by atoms with Crippen LogP contribution in [0.15, 0.2) is 18.5 Å². The Morgan fingerprint density at radius 1 is 1.53 bits per heavy atom. The molecule has 1 atom stereocenters. The molecule has 1 aromatic heterocycles. The molecule has 0 aromatic carbocycles. The van der Waals surface area contributed by atoms with Gasteiger partial charge in [-0.1, -0.05) is 18.0 Å².